The lowest BCUT2D eigenvalue weighted by molar-refractivity contribution is 0.355. The number of aromatic nitrogens is 3. The van der Waals surface area contributed by atoms with Crippen molar-refractivity contribution in [3.8, 4) is 33.9 Å². The van der Waals surface area contributed by atoms with Gasteiger partial charge in [-0.05, 0) is 29.8 Å². The van der Waals surface area contributed by atoms with Gasteiger partial charge < -0.3 is 19.6 Å². The second-order valence-corrected chi connectivity index (χ2v) is 5.40. The number of furan rings is 1. The Balaban J connectivity index is 1.86. The molecule has 7 nitrogen and oxygen atoms in total. The number of hydrogen-bond acceptors (Lipinski definition) is 6. The topological polar surface area (TPSA) is 87.8 Å². The number of fused-ring (bicyclic) bond motifs is 1. The van der Waals surface area contributed by atoms with E-state index in [1.807, 2.05) is 24.3 Å². The number of nitrogen functional groups attached to an aromatic ring is 1. The van der Waals surface area contributed by atoms with Crippen molar-refractivity contribution in [2.45, 2.75) is 0 Å². The molecule has 0 saturated heterocycles. The van der Waals surface area contributed by atoms with Crippen LogP contribution in [-0.2, 0) is 0 Å². The molecule has 0 aliphatic carbocycles. The first kappa shape index (κ1) is 15.1. The molecule has 0 saturated carbocycles. The van der Waals surface area contributed by atoms with E-state index in [4.69, 9.17) is 19.6 Å². The average Bonchev–Trinajstić information content (AvgIpc) is 3.31. The highest BCUT2D eigenvalue weighted by atomic mass is 16.5. The zero-order valence-electron chi connectivity index (χ0n) is 13.8. The van der Waals surface area contributed by atoms with E-state index in [0.29, 0.717) is 34.3 Å². The van der Waals surface area contributed by atoms with Gasteiger partial charge in [-0.2, -0.15) is 9.61 Å². The molecule has 4 rings (SSSR count). The lowest BCUT2D eigenvalue weighted by atomic mass is 10.1. The van der Waals surface area contributed by atoms with E-state index in [1.54, 1.807) is 43.5 Å². The quantitative estimate of drug-likeness (QED) is 0.615. The maximum atomic E-state index is 6.26. The molecule has 0 atom stereocenters. The van der Waals surface area contributed by atoms with Gasteiger partial charge in [0.25, 0.3) is 0 Å². The van der Waals surface area contributed by atoms with Crippen LogP contribution in [0, 0.1) is 0 Å². The van der Waals surface area contributed by atoms with E-state index in [9.17, 15) is 0 Å². The summed E-state index contributed by atoms with van der Waals surface area (Å²) in [6.07, 6.45) is 5.01. The second-order valence-electron chi connectivity index (χ2n) is 5.40. The van der Waals surface area contributed by atoms with Crippen molar-refractivity contribution in [1.82, 2.24) is 14.6 Å². The Hall–Kier alpha value is -3.48. The molecule has 0 bridgehead atoms. The third-order valence-corrected chi connectivity index (χ3v) is 4.05. The first-order valence-corrected chi connectivity index (χ1v) is 7.61. The van der Waals surface area contributed by atoms with Gasteiger partial charge in [0.05, 0.1) is 32.2 Å². The van der Waals surface area contributed by atoms with Crippen LogP contribution in [0.5, 0.6) is 11.5 Å². The summed E-state index contributed by atoms with van der Waals surface area (Å²) in [5.74, 6) is 2.41. The molecule has 0 amide bonds. The van der Waals surface area contributed by atoms with Gasteiger partial charge in [-0.25, -0.2) is 4.98 Å². The number of rotatable bonds is 4. The summed E-state index contributed by atoms with van der Waals surface area (Å²) in [5, 5.41) is 4.38. The normalized spacial score (nSPS) is 11.0. The number of hydrogen-bond donors (Lipinski definition) is 1. The molecule has 0 aliphatic heterocycles. The van der Waals surface area contributed by atoms with Crippen LogP contribution in [0.25, 0.3) is 28.1 Å². The Morgan fingerprint density at radius 3 is 2.60 bits per heavy atom. The van der Waals surface area contributed by atoms with Gasteiger partial charge in [-0.15, -0.1) is 0 Å². The Bertz CT molecular complexity index is 1040. The largest absolute Gasteiger partial charge is 0.493 e. The summed E-state index contributed by atoms with van der Waals surface area (Å²) in [7, 11) is 3.20. The fourth-order valence-corrected chi connectivity index (χ4v) is 2.78. The molecular weight excluding hydrogens is 320 g/mol. The Morgan fingerprint density at radius 2 is 1.88 bits per heavy atom. The lowest BCUT2D eigenvalue weighted by Gasteiger charge is -2.09. The highest BCUT2D eigenvalue weighted by Crippen LogP contribution is 2.35. The Labute approximate surface area is 143 Å². The summed E-state index contributed by atoms with van der Waals surface area (Å²) in [6.45, 7) is 0. The van der Waals surface area contributed by atoms with Crippen molar-refractivity contribution < 1.29 is 13.9 Å². The minimum absolute atomic E-state index is 0.465. The van der Waals surface area contributed by atoms with Gasteiger partial charge in [0.2, 0.25) is 0 Å². The van der Waals surface area contributed by atoms with E-state index in [0.717, 1.165) is 11.1 Å². The first-order valence-electron chi connectivity index (χ1n) is 7.61. The molecular formula is C18H16N4O3. The molecule has 0 unspecified atom stereocenters. The fourth-order valence-electron chi connectivity index (χ4n) is 2.78. The van der Waals surface area contributed by atoms with Gasteiger partial charge in [0.1, 0.15) is 11.6 Å². The third-order valence-electron chi connectivity index (χ3n) is 4.05. The predicted octanol–water partition coefficient (Wildman–Crippen LogP) is 3.26. The number of nitrogens with two attached hydrogens (primary N) is 1. The third kappa shape index (κ3) is 2.37. The van der Waals surface area contributed by atoms with Crippen LogP contribution in [0.3, 0.4) is 0 Å². The molecule has 0 fully saturated rings. The van der Waals surface area contributed by atoms with Crippen LogP contribution in [-0.4, -0.2) is 28.8 Å². The highest BCUT2D eigenvalue weighted by molar-refractivity contribution is 5.81. The molecule has 0 spiro atoms. The van der Waals surface area contributed by atoms with Crippen molar-refractivity contribution in [3.05, 3.63) is 49.0 Å². The number of anilines is 1. The SMILES string of the molecule is COc1ccc(-c2cnn3c(N)c(-c4ccco4)cnc23)cc1OC. The van der Waals surface area contributed by atoms with Crippen LogP contribution in [0.4, 0.5) is 5.82 Å². The average molecular weight is 336 g/mol. The zero-order valence-corrected chi connectivity index (χ0v) is 13.8. The number of methoxy groups -OCH3 is 2. The lowest BCUT2D eigenvalue weighted by Crippen LogP contribution is -2.02. The number of nitrogens with zero attached hydrogens (tertiary/aromatic N) is 3. The molecule has 0 radical (unpaired) electrons. The van der Waals surface area contributed by atoms with Crippen LogP contribution in [0.2, 0.25) is 0 Å². The summed E-state index contributed by atoms with van der Waals surface area (Å²) < 4.78 is 17.7. The van der Waals surface area contributed by atoms with Crippen molar-refractivity contribution in [2.24, 2.45) is 0 Å². The Morgan fingerprint density at radius 1 is 1.04 bits per heavy atom. The van der Waals surface area contributed by atoms with Crippen LogP contribution in [0.1, 0.15) is 0 Å². The summed E-state index contributed by atoms with van der Waals surface area (Å²) in [6, 6.07) is 9.29. The number of ether oxygens (including phenoxy) is 2. The Kier molecular flexibility index (Phi) is 3.53. The van der Waals surface area contributed by atoms with E-state index < -0.39 is 0 Å². The second kappa shape index (κ2) is 5.86. The van der Waals surface area contributed by atoms with E-state index in [1.165, 1.54) is 0 Å². The van der Waals surface area contributed by atoms with Gasteiger partial charge in [0.15, 0.2) is 17.1 Å². The standard InChI is InChI=1S/C18H16N4O3/c1-23-15-6-5-11(8-16(15)24-2)12-10-21-22-17(19)13(9-20-18(12)22)14-4-3-7-25-14/h3-10H,19H2,1-2H3. The summed E-state index contributed by atoms with van der Waals surface area (Å²) in [4.78, 5) is 4.52. The van der Waals surface area contributed by atoms with Crippen LogP contribution >= 0.6 is 0 Å². The zero-order chi connectivity index (χ0) is 17.4. The molecule has 7 heteroatoms. The summed E-state index contributed by atoms with van der Waals surface area (Å²) >= 11 is 0. The van der Waals surface area contributed by atoms with Crippen molar-refractivity contribution in [3.63, 3.8) is 0 Å². The minimum Gasteiger partial charge on any atom is -0.493 e. The van der Waals surface area contributed by atoms with Gasteiger partial charge in [-0.3, -0.25) is 0 Å². The highest BCUT2D eigenvalue weighted by Gasteiger charge is 2.16. The smallest absolute Gasteiger partial charge is 0.165 e. The van der Waals surface area contributed by atoms with Crippen LogP contribution < -0.4 is 15.2 Å². The molecule has 1 aromatic carbocycles. The van der Waals surface area contributed by atoms with Crippen molar-refractivity contribution >= 4 is 11.5 Å². The summed E-state index contributed by atoms with van der Waals surface area (Å²) in [5.41, 5.74) is 9.36. The molecule has 25 heavy (non-hydrogen) atoms. The van der Waals surface area contributed by atoms with E-state index in [-0.39, 0.29) is 0 Å². The fraction of sp³-hybridized carbons (Fsp3) is 0.111. The molecule has 3 heterocycles. The van der Waals surface area contributed by atoms with E-state index in [2.05, 4.69) is 10.1 Å². The van der Waals surface area contributed by atoms with Crippen molar-refractivity contribution in [1.29, 1.82) is 0 Å². The predicted molar refractivity (Wildman–Crippen MR) is 93.6 cm³/mol. The van der Waals surface area contributed by atoms with E-state index >= 15 is 0 Å². The van der Waals surface area contributed by atoms with Crippen molar-refractivity contribution in [2.75, 3.05) is 20.0 Å². The monoisotopic (exact) mass is 336 g/mol. The molecule has 2 N–H and O–H groups in total. The van der Waals surface area contributed by atoms with Crippen LogP contribution in [0.15, 0.2) is 53.4 Å². The van der Waals surface area contributed by atoms with Gasteiger partial charge >= 0.3 is 0 Å². The minimum atomic E-state index is 0.465. The van der Waals surface area contributed by atoms with Gasteiger partial charge in [-0.1, -0.05) is 6.07 Å². The number of benzene rings is 1. The first-order chi connectivity index (χ1) is 12.2. The molecule has 3 aromatic heterocycles. The molecule has 126 valence electrons. The maximum Gasteiger partial charge on any atom is 0.165 e. The molecule has 4 aromatic rings. The molecule has 0 aliphatic rings. The van der Waals surface area contributed by atoms with Gasteiger partial charge in [0, 0.05) is 11.8 Å². The maximum absolute atomic E-state index is 6.26.